The van der Waals surface area contributed by atoms with Crippen molar-refractivity contribution in [2.24, 2.45) is 0 Å². The predicted octanol–water partition coefficient (Wildman–Crippen LogP) is 1.28. The van der Waals surface area contributed by atoms with E-state index in [1.54, 1.807) is 30.3 Å². The molecule has 158 valence electrons. The van der Waals surface area contributed by atoms with Crippen molar-refractivity contribution in [1.82, 2.24) is 4.31 Å². The molecule has 1 N–H and O–H groups in total. The molecule has 0 radical (unpaired) electrons. The maximum absolute atomic E-state index is 13.2. The molecule has 1 aliphatic heterocycles. The average molecular weight is 441 g/mol. The summed E-state index contributed by atoms with van der Waals surface area (Å²) >= 11 is 0. The Hall–Kier alpha value is -1.98. The topological polar surface area (TPSA) is 104 Å². The third kappa shape index (κ3) is 4.78. The van der Waals surface area contributed by atoms with E-state index in [0.29, 0.717) is 18.9 Å². The highest BCUT2D eigenvalue weighted by molar-refractivity contribution is 7.92. The van der Waals surface area contributed by atoms with Gasteiger partial charge in [-0.2, -0.15) is 4.31 Å². The van der Waals surface area contributed by atoms with Gasteiger partial charge >= 0.3 is 0 Å². The average Bonchev–Trinajstić information content (AvgIpc) is 2.73. The largest absolute Gasteiger partial charge is 0.392 e. The lowest BCUT2D eigenvalue weighted by atomic mass is 10.3. The van der Waals surface area contributed by atoms with Crippen LogP contribution in [0.5, 0.6) is 0 Å². The molecular weight excluding hydrogens is 416 g/mol. The van der Waals surface area contributed by atoms with Gasteiger partial charge in [-0.05, 0) is 43.3 Å². The Bertz CT molecular complexity index is 1020. The third-order valence-corrected chi connectivity index (χ3v) is 8.21. The summed E-state index contributed by atoms with van der Waals surface area (Å²) in [7, 11) is -7.70. The number of morpholine rings is 1. The van der Waals surface area contributed by atoms with Crippen LogP contribution in [0.2, 0.25) is 0 Å². The lowest BCUT2D eigenvalue weighted by Crippen LogP contribution is -2.40. The molecule has 3 rings (SSSR count). The number of ether oxygens (including phenoxy) is 1. The van der Waals surface area contributed by atoms with Crippen molar-refractivity contribution in [3.63, 3.8) is 0 Å². The van der Waals surface area contributed by atoms with Gasteiger partial charge in [-0.15, -0.1) is 0 Å². The van der Waals surface area contributed by atoms with Crippen LogP contribution in [0.3, 0.4) is 0 Å². The standard InChI is InChI=1S/C19H24N2O6S2/c1-16(22)15-21(17-5-3-2-4-6-17)29(25,26)19-9-7-18(8-10-19)28(23,24)20-11-13-27-14-12-20/h2-10,16,22H,11-15H2,1H3. The SMILES string of the molecule is CC(O)CN(c1ccccc1)S(=O)(=O)c1ccc(S(=O)(=O)N2CCOCC2)cc1. The van der Waals surface area contributed by atoms with E-state index in [2.05, 4.69) is 0 Å². The van der Waals surface area contributed by atoms with Crippen LogP contribution < -0.4 is 4.31 Å². The number of hydrogen-bond donors (Lipinski definition) is 1. The van der Waals surface area contributed by atoms with Gasteiger partial charge in [0.2, 0.25) is 10.0 Å². The zero-order valence-electron chi connectivity index (χ0n) is 16.0. The van der Waals surface area contributed by atoms with Crippen LogP contribution in [0.15, 0.2) is 64.4 Å². The minimum Gasteiger partial charge on any atom is -0.392 e. The van der Waals surface area contributed by atoms with Crippen molar-refractivity contribution in [2.45, 2.75) is 22.8 Å². The first-order valence-electron chi connectivity index (χ1n) is 9.17. The molecule has 1 atom stereocenters. The lowest BCUT2D eigenvalue weighted by Gasteiger charge is -2.27. The number of benzene rings is 2. The summed E-state index contributed by atoms with van der Waals surface area (Å²) in [6, 6.07) is 13.6. The van der Waals surface area contributed by atoms with E-state index >= 15 is 0 Å². The number of nitrogens with zero attached hydrogens (tertiary/aromatic N) is 2. The molecule has 2 aromatic rings. The van der Waals surface area contributed by atoms with Crippen LogP contribution in [0.4, 0.5) is 5.69 Å². The molecule has 0 amide bonds. The van der Waals surface area contributed by atoms with Crippen molar-refractivity contribution in [2.75, 3.05) is 37.2 Å². The van der Waals surface area contributed by atoms with Crippen LogP contribution in [-0.2, 0) is 24.8 Å². The molecule has 0 aliphatic carbocycles. The first-order chi connectivity index (χ1) is 13.7. The highest BCUT2D eigenvalue weighted by Gasteiger charge is 2.29. The molecule has 1 fully saturated rings. The van der Waals surface area contributed by atoms with Gasteiger partial charge in [0.1, 0.15) is 0 Å². The molecule has 0 saturated carbocycles. The highest BCUT2D eigenvalue weighted by atomic mass is 32.2. The van der Waals surface area contributed by atoms with Gasteiger partial charge in [0.05, 0.1) is 41.3 Å². The zero-order valence-corrected chi connectivity index (χ0v) is 17.6. The fourth-order valence-electron chi connectivity index (χ4n) is 3.02. The lowest BCUT2D eigenvalue weighted by molar-refractivity contribution is 0.0730. The second kappa shape index (κ2) is 8.80. The number of rotatable bonds is 7. The minimum atomic E-state index is -3.99. The van der Waals surface area contributed by atoms with Gasteiger partial charge in [-0.25, -0.2) is 16.8 Å². The Morgan fingerprint density at radius 1 is 0.966 bits per heavy atom. The van der Waals surface area contributed by atoms with Crippen LogP contribution in [0, 0.1) is 0 Å². The maximum atomic E-state index is 13.2. The van der Waals surface area contributed by atoms with Crippen molar-refractivity contribution in [3.8, 4) is 0 Å². The molecule has 1 aliphatic rings. The third-order valence-electron chi connectivity index (χ3n) is 4.49. The molecule has 1 unspecified atom stereocenters. The van der Waals surface area contributed by atoms with Crippen LogP contribution >= 0.6 is 0 Å². The van der Waals surface area contributed by atoms with Crippen LogP contribution in [0.1, 0.15) is 6.92 Å². The number of aliphatic hydroxyl groups is 1. The van der Waals surface area contributed by atoms with E-state index in [9.17, 15) is 21.9 Å². The van der Waals surface area contributed by atoms with Crippen molar-refractivity contribution in [3.05, 3.63) is 54.6 Å². The second-order valence-corrected chi connectivity index (χ2v) is 10.5. The Labute approximate surface area is 171 Å². The van der Waals surface area contributed by atoms with E-state index in [-0.39, 0.29) is 29.4 Å². The first-order valence-corrected chi connectivity index (χ1v) is 12.0. The Morgan fingerprint density at radius 2 is 1.52 bits per heavy atom. The Balaban J connectivity index is 1.92. The number of anilines is 1. The van der Waals surface area contributed by atoms with Crippen molar-refractivity contribution >= 4 is 25.7 Å². The summed E-state index contributed by atoms with van der Waals surface area (Å²) < 4.78 is 59.4. The van der Waals surface area contributed by atoms with E-state index in [1.807, 2.05) is 0 Å². The van der Waals surface area contributed by atoms with E-state index in [4.69, 9.17) is 4.74 Å². The quantitative estimate of drug-likeness (QED) is 0.696. The van der Waals surface area contributed by atoms with Gasteiger partial charge in [0.15, 0.2) is 0 Å². The molecule has 10 heteroatoms. The second-order valence-electron chi connectivity index (χ2n) is 6.71. The Kier molecular flexibility index (Phi) is 6.59. The number of hydrogen-bond acceptors (Lipinski definition) is 6. The smallest absolute Gasteiger partial charge is 0.264 e. The molecule has 0 bridgehead atoms. The van der Waals surface area contributed by atoms with Gasteiger partial charge in [-0.3, -0.25) is 4.31 Å². The van der Waals surface area contributed by atoms with Crippen molar-refractivity contribution < 1.29 is 26.7 Å². The monoisotopic (exact) mass is 440 g/mol. The van der Waals surface area contributed by atoms with E-state index in [0.717, 1.165) is 4.31 Å². The summed E-state index contributed by atoms with van der Waals surface area (Å²) in [4.78, 5) is -0.0249. The summed E-state index contributed by atoms with van der Waals surface area (Å²) in [6.07, 6.45) is -0.883. The predicted molar refractivity (Wildman–Crippen MR) is 109 cm³/mol. The van der Waals surface area contributed by atoms with Gasteiger partial charge in [0, 0.05) is 13.1 Å². The molecule has 2 aromatic carbocycles. The normalized spacial score (nSPS) is 17.0. The van der Waals surface area contributed by atoms with Crippen molar-refractivity contribution in [1.29, 1.82) is 0 Å². The molecule has 1 heterocycles. The summed E-state index contributed by atoms with van der Waals surface area (Å²) in [5.74, 6) is 0. The van der Waals surface area contributed by atoms with E-state index < -0.39 is 26.2 Å². The van der Waals surface area contributed by atoms with Gasteiger partial charge in [0.25, 0.3) is 10.0 Å². The summed E-state index contributed by atoms with van der Waals surface area (Å²) in [5.41, 5.74) is 0.415. The zero-order chi connectivity index (χ0) is 21.1. The highest BCUT2D eigenvalue weighted by Crippen LogP contribution is 2.26. The fourth-order valence-corrected chi connectivity index (χ4v) is 5.98. The molecule has 29 heavy (non-hydrogen) atoms. The number of sulfonamides is 2. The number of aliphatic hydroxyl groups excluding tert-OH is 1. The summed E-state index contributed by atoms with van der Waals surface area (Å²) in [6.45, 7) is 2.56. The van der Waals surface area contributed by atoms with Crippen LogP contribution in [-0.4, -0.2) is 65.2 Å². The molecule has 1 saturated heterocycles. The van der Waals surface area contributed by atoms with Crippen LogP contribution in [0.25, 0.3) is 0 Å². The molecule has 0 spiro atoms. The Morgan fingerprint density at radius 3 is 2.07 bits per heavy atom. The molecule has 8 nitrogen and oxygen atoms in total. The van der Waals surface area contributed by atoms with E-state index in [1.165, 1.54) is 35.5 Å². The molecule has 0 aromatic heterocycles. The minimum absolute atomic E-state index is 0.0279. The first kappa shape index (κ1) is 21.7. The van der Waals surface area contributed by atoms with Gasteiger partial charge in [-0.1, -0.05) is 18.2 Å². The molecular formula is C19H24N2O6S2. The summed E-state index contributed by atoms with van der Waals surface area (Å²) in [5, 5.41) is 9.79. The maximum Gasteiger partial charge on any atom is 0.264 e. The fraction of sp³-hybridized carbons (Fsp3) is 0.368. The number of para-hydroxylation sites is 1. The van der Waals surface area contributed by atoms with Gasteiger partial charge < -0.3 is 9.84 Å².